The summed E-state index contributed by atoms with van der Waals surface area (Å²) < 4.78 is 46.8. The first-order chi connectivity index (χ1) is 18.8. The van der Waals surface area contributed by atoms with Crippen LogP contribution in [0.2, 0.25) is 0 Å². The number of hydrogen-bond acceptors (Lipinski definition) is 6. The van der Waals surface area contributed by atoms with Crippen LogP contribution in [-0.4, -0.2) is 56.1 Å². The molecule has 6 atom stereocenters. The molecule has 9 nitrogen and oxygen atoms in total. The molecule has 0 unspecified atom stereocenters. The van der Waals surface area contributed by atoms with Crippen molar-refractivity contribution in [1.29, 1.82) is 5.26 Å². The molecule has 0 aromatic heterocycles. The maximum Gasteiger partial charge on any atom is 0.411 e. The maximum atomic E-state index is 15.1. The second-order valence-corrected chi connectivity index (χ2v) is 13.7. The summed E-state index contributed by atoms with van der Waals surface area (Å²) in [5.74, 6) is -0.103. The van der Waals surface area contributed by atoms with Crippen molar-refractivity contribution in [3.63, 3.8) is 0 Å². The topological polar surface area (TPSA) is 129 Å². The summed E-state index contributed by atoms with van der Waals surface area (Å²) in [5.41, 5.74) is 0.724. The minimum absolute atomic E-state index is 0.0291. The van der Waals surface area contributed by atoms with Gasteiger partial charge in [0.15, 0.2) is 0 Å². The van der Waals surface area contributed by atoms with Gasteiger partial charge in [0.25, 0.3) is 0 Å². The second kappa shape index (κ2) is 10.2. The quantitative estimate of drug-likeness (QED) is 0.525. The van der Waals surface area contributed by atoms with E-state index in [-0.39, 0.29) is 28.8 Å². The molecule has 3 fully saturated rings. The van der Waals surface area contributed by atoms with Gasteiger partial charge in [0.2, 0.25) is 15.9 Å². The minimum Gasteiger partial charge on any atom is -0.444 e. The molecular formula is C29H33FN4O5S. The van der Waals surface area contributed by atoms with Crippen molar-refractivity contribution in [2.24, 2.45) is 17.8 Å². The number of nitriles is 1. The molecule has 2 aromatic carbocycles. The van der Waals surface area contributed by atoms with Gasteiger partial charge in [-0.1, -0.05) is 24.3 Å². The highest BCUT2D eigenvalue weighted by Gasteiger charge is 2.67. The van der Waals surface area contributed by atoms with Crippen LogP contribution in [0.25, 0.3) is 11.1 Å². The van der Waals surface area contributed by atoms with Crippen LogP contribution < -0.4 is 10.0 Å². The van der Waals surface area contributed by atoms with Gasteiger partial charge in [0.1, 0.15) is 23.5 Å². The number of hydrogen-bond donors (Lipinski definition) is 2. The number of carbonyl (C=O) groups is 2. The summed E-state index contributed by atoms with van der Waals surface area (Å²) in [7, 11) is -2.26. The average Bonchev–Trinajstić information content (AvgIpc) is 3.51. The van der Waals surface area contributed by atoms with E-state index in [1.165, 1.54) is 25.2 Å². The Bertz CT molecular complexity index is 1480. The van der Waals surface area contributed by atoms with Crippen molar-refractivity contribution >= 4 is 22.0 Å². The zero-order valence-electron chi connectivity index (χ0n) is 22.8. The number of nitrogens with one attached hydrogen (secondary N) is 2. The van der Waals surface area contributed by atoms with Crippen molar-refractivity contribution in [2.45, 2.75) is 68.7 Å². The molecule has 2 aromatic rings. The van der Waals surface area contributed by atoms with E-state index in [2.05, 4.69) is 16.1 Å². The summed E-state index contributed by atoms with van der Waals surface area (Å²) >= 11 is 0. The molecule has 2 N–H and O–H groups in total. The average molecular weight is 569 g/mol. The number of halogens is 1. The van der Waals surface area contributed by atoms with Crippen LogP contribution >= 0.6 is 0 Å². The Morgan fingerprint density at radius 1 is 1.10 bits per heavy atom. The fourth-order valence-electron chi connectivity index (χ4n) is 6.22. The Labute approximate surface area is 233 Å². The lowest BCUT2D eigenvalue weighted by Gasteiger charge is -2.35. The molecule has 2 bridgehead atoms. The van der Waals surface area contributed by atoms with Crippen molar-refractivity contribution in [3.05, 3.63) is 53.8 Å². The molecule has 2 saturated carbocycles. The molecule has 3 aliphatic rings. The summed E-state index contributed by atoms with van der Waals surface area (Å²) in [5, 5.41) is 12.5. The van der Waals surface area contributed by atoms with Gasteiger partial charge >= 0.3 is 6.09 Å². The van der Waals surface area contributed by atoms with E-state index >= 15 is 4.39 Å². The fraction of sp³-hybridized carbons (Fsp3) is 0.483. The number of carbonyl (C=O) groups excluding carboxylic acids is 2. The summed E-state index contributed by atoms with van der Waals surface area (Å²) in [4.78, 5) is 28.1. The second-order valence-electron chi connectivity index (χ2n) is 11.8. The number of piperidine rings is 1. The van der Waals surface area contributed by atoms with E-state index in [0.29, 0.717) is 23.0 Å². The predicted octanol–water partition coefficient (Wildman–Crippen LogP) is 3.60. The molecule has 2 amide bonds. The van der Waals surface area contributed by atoms with Gasteiger partial charge in [-0.25, -0.2) is 22.3 Å². The van der Waals surface area contributed by atoms with Crippen LogP contribution in [0.15, 0.2) is 47.4 Å². The number of likely N-dealkylation sites (tertiary alicyclic amines) is 1. The van der Waals surface area contributed by atoms with Crippen LogP contribution in [0.4, 0.5) is 9.18 Å². The maximum absolute atomic E-state index is 15.1. The predicted molar refractivity (Wildman–Crippen MR) is 145 cm³/mol. The van der Waals surface area contributed by atoms with E-state index < -0.39 is 45.5 Å². The van der Waals surface area contributed by atoms with Crippen LogP contribution in [0.3, 0.4) is 0 Å². The Hall–Kier alpha value is -3.49. The third-order valence-electron chi connectivity index (χ3n) is 8.10. The molecule has 2 aliphatic carbocycles. The SMILES string of the molecule is CNS(=O)(=O)c1ccc(-c2ccc(C[C@@H](C#N)NC(=O)[C@@H]3[C@@H]4C[C@@H]([C@H]5C[C@@H]45)N3C(=O)OC(C)(C)C)c(F)c2)cc1. The van der Waals surface area contributed by atoms with E-state index in [4.69, 9.17) is 4.74 Å². The van der Waals surface area contributed by atoms with E-state index in [0.717, 1.165) is 12.8 Å². The van der Waals surface area contributed by atoms with Gasteiger partial charge in [0, 0.05) is 12.5 Å². The van der Waals surface area contributed by atoms with Gasteiger partial charge in [-0.15, -0.1) is 0 Å². The van der Waals surface area contributed by atoms with Gasteiger partial charge in [0.05, 0.1) is 11.0 Å². The Morgan fingerprint density at radius 3 is 2.38 bits per heavy atom. The standard InChI is InChI=1S/C29H33FN4O5S/c1-29(2,3)39-28(36)34-25-14-23(21-13-22(21)25)26(34)27(35)33-19(15-31)11-18-6-5-17(12-24(18)30)16-7-9-20(10-8-16)40(37,38)32-4/h5-10,12,19,21-23,25-26,32H,11,13-14H2,1-4H3,(H,33,35)/t19-,21+,22-,23+,25-,26-/m0/s1. The molecule has 0 spiro atoms. The lowest BCUT2D eigenvalue weighted by atomic mass is 9.95. The molecule has 1 aliphatic heterocycles. The number of amides is 2. The van der Waals surface area contributed by atoms with Crippen LogP contribution in [0.1, 0.15) is 39.2 Å². The highest BCUT2D eigenvalue weighted by atomic mass is 32.2. The first kappa shape index (κ1) is 28.1. The molecule has 1 heterocycles. The minimum atomic E-state index is -3.58. The summed E-state index contributed by atoms with van der Waals surface area (Å²) in [6, 6.07) is 10.9. The molecule has 5 rings (SSSR count). The lowest BCUT2D eigenvalue weighted by Crippen LogP contribution is -2.56. The summed E-state index contributed by atoms with van der Waals surface area (Å²) in [6.07, 6.45) is 1.18. The summed E-state index contributed by atoms with van der Waals surface area (Å²) in [6.45, 7) is 5.34. The lowest BCUT2D eigenvalue weighted by molar-refractivity contribution is -0.128. The van der Waals surface area contributed by atoms with E-state index in [1.54, 1.807) is 49.9 Å². The number of benzene rings is 2. The first-order valence-electron chi connectivity index (χ1n) is 13.4. The number of fused-ring (bicyclic) bond motifs is 5. The van der Waals surface area contributed by atoms with Gasteiger partial charge in [-0.05, 0) is 93.3 Å². The smallest absolute Gasteiger partial charge is 0.411 e. The molecule has 212 valence electrons. The highest BCUT2D eigenvalue weighted by Crippen LogP contribution is 2.63. The van der Waals surface area contributed by atoms with Gasteiger partial charge in [-0.2, -0.15) is 5.26 Å². The van der Waals surface area contributed by atoms with Gasteiger partial charge < -0.3 is 10.1 Å². The zero-order chi connectivity index (χ0) is 29.0. The largest absolute Gasteiger partial charge is 0.444 e. The molecule has 40 heavy (non-hydrogen) atoms. The van der Waals surface area contributed by atoms with Crippen molar-refractivity contribution in [1.82, 2.24) is 14.9 Å². The molecule has 0 radical (unpaired) electrons. The number of sulfonamides is 1. The Morgan fingerprint density at radius 2 is 1.77 bits per heavy atom. The number of nitrogens with zero attached hydrogens (tertiary/aromatic N) is 2. The van der Waals surface area contributed by atoms with Crippen molar-refractivity contribution < 1.29 is 27.1 Å². The third kappa shape index (κ3) is 5.30. The van der Waals surface area contributed by atoms with Gasteiger partial charge in [-0.3, -0.25) is 9.69 Å². The zero-order valence-corrected chi connectivity index (χ0v) is 23.7. The van der Waals surface area contributed by atoms with Crippen LogP contribution in [-0.2, 0) is 26.0 Å². The van der Waals surface area contributed by atoms with Crippen LogP contribution in [0, 0.1) is 34.9 Å². The fourth-order valence-corrected chi connectivity index (χ4v) is 6.95. The number of ether oxygens (including phenoxy) is 1. The monoisotopic (exact) mass is 568 g/mol. The van der Waals surface area contributed by atoms with Crippen molar-refractivity contribution in [2.75, 3.05) is 7.05 Å². The molecule has 1 saturated heterocycles. The normalized spacial score (nSPS) is 25.6. The Kier molecular flexibility index (Phi) is 7.13. The van der Waals surface area contributed by atoms with Crippen LogP contribution in [0.5, 0.6) is 0 Å². The number of rotatable bonds is 7. The third-order valence-corrected chi connectivity index (χ3v) is 9.53. The Balaban J connectivity index is 1.28. The van der Waals surface area contributed by atoms with Crippen molar-refractivity contribution in [3.8, 4) is 17.2 Å². The van der Waals surface area contributed by atoms with E-state index in [1.807, 2.05) is 0 Å². The molecule has 11 heteroatoms. The molecular weight excluding hydrogens is 535 g/mol. The highest BCUT2D eigenvalue weighted by molar-refractivity contribution is 7.89. The van der Waals surface area contributed by atoms with E-state index in [9.17, 15) is 23.3 Å². The first-order valence-corrected chi connectivity index (χ1v) is 14.8.